The van der Waals surface area contributed by atoms with E-state index >= 15 is 0 Å². The van der Waals surface area contributed by atoms with Gasteiger partial charge in [-0.25, -0.2) is 0 Å². The maximum absolute atomic E-state index is 12.7. The van der Waals surface area contributed by atoms with Crippen molar-refractivity contribution in [2.75, 3.05) is 43.5 Å². The summed E-state index contributed by atoms with van der Waals surface area (Å²) in [4.78, 5) is 51.4. The van der Waals surface area contributed by atoms with Crippen molar-refractivity contribution < 1.29 is 23.9 Å². The molecule has 2 rings (SSSR count). The number of anilines is 2. The second-order valence-electron chi connectivity index (χ2n) is 7.65. The highest BCUT2D eigenvalue weighted by Crippen LogP contribution is 2.17. The minimum absolute atomic E-state index is 0.0211. The van der Waals surface area contributed by atoms with Gasteiger partial charge in [0, 0.05) is 38.4 Å². The number of hydrogen-bond acceptors (Lipinski definition) is 6. The molecule has 1 saturated heterocycles. The molecule has 1 fully saturated rings. The number of carbonyl (C=O) groups excluding carboxylic acids is 4. The molecule has 1 aliphatic rings. The summed E-state index contributed by atoms with van der Waals surface area (Å²) in [6.07, 6.45) is -0.170. The van der Waals surface area contributed by atoms with Gasteiger partial charge in [-0.3, -0.25) is 19.2 Å². The van der Waals surface area contributed by atoms with Gasteiger partial charge in [0.15, 0.2) is 0 Å². The van der Waals surface area contributed by atoms with Crippen LogP contribution in [0.15, 0.2) is 24.3 Å². The smallest absolute Gasteiger partial charge is 0.308 e. The Balaban J connectivity index is 1.95. The van der Waals surface area contributed by atoms with E-state index in [9.17, 15) is 19.2 Å². The molecule has 0 bridgehead atoms. The zero-order valence-electron chi connectivity index (χ0n) is 17.9. The van der Waals surface area contributed by atoms with Gasteiger partial charge in [0.2, 0.25) is 17.7 Å². The predicted molar refractivity (Wildman–Crippen MR) is 113 cm³/mol. The van der Waals surface area contributed by atoms with Crippen LogP contribution >= 0.6 is 0 Å². The summed E-state index contributed by atoms with van der Waals surface area (Å²) in [6, 6.07) is 6.21. The van der Waals surface area contributed by atoms with E-state index < -0.39 is 12.0 Å². The Labute approximate surface area is 176 Å². The summed E-state index contributed by atoms with van der Waals surface area (Å²) in [5.74, 6) is -1.02. The first kappa shape index (κ1) is 23.2. The van der Waals surface area contributed by atoms with Crippen LogP contribution in [0.5, 0.6) is 0 Å². The van der Waals surface area contributed by atoms with Crippen LogP contribution in [0.2, 0.25) is 0 Å². The molecule has 0 aliphatic carbocycles. The van der Waals surface area contributed by atoms with Gasteiger partial charge in [0.1, 0.15) is 6.04 Å². The molecular weight excluding hydrogens is 388 g/mol. The monoisotopic (exact) mass is 418 g/mol. The SMILES string of the molecule is CC(=O)N(C)c1ccc(NCC(=O)N2CCNC(=O)C2CC(=O)OCC(C)C)cc1. The Morgan fingerprint density at radius 3 is 2.53 bits per heavy atom. The fourth-order valence-corrected chi connectivity index (χ4v) is 2.96. The van der Waals surface area contributed by atoms with Crippen molar-refractivity contribution in [2.45, 2.75) is 33.2 Å². The molecule has 0 saturated carbocycles. The van der Waals surface area contributed by atoms with E-state index in [1.807, 2.05) is 13.8 Å². The first-order chi connectivity index (χ1) is 14.2. The van der Waals surface area contributed by atoms with Gasteiger partial charge in [0.25, 0.3) is 0 Å². The number of piperazine rings is 1. The van der Waals surface area contributed by atoms with Crippen LogP contribution < -0.4 is 15.5 Å². The summed E-state index contributed by atoms with van der Waals surface area (Å²) < 4.78 is 5.16. The Morgan fingerprint density at radius 2 is 1.93 bits per heavy atom. The second-order valence-corrected chi connectivity index (χ2v) is 7.65. The van der Waals surface area contributed by atoms with E-state index in [0.29, 0.717) is 18.8 Å². The number of esters is 1. The number of rotatable bonds is 8. The highest BCUT2D eigenvalue weighted by molar-refractivity contribution is 5.93. The van der Waals surface area contributed by atoms with E-state index in [-0.39, 0.29) is 43.2 Å². The van der Waals surface area contributed by atoms with E-state index in [4.69, 9.17) is 4.74 Å². The van der Waals surface area contributed by atoms with Crippen LogP contribution in [0.1, 0.15) is 27.2 Å². The molecule has 0 spiro atoms. The fraction of sp³-hybridized carbons (Fsp3) is 0.524. The van der Waals surface area contributed by atoms with Gasteiger partial charge < -0.3 is 25.2 Å². The first-order valence-electron chi connectivity index (χ1n) is 10.00. The molecule has 1 aromatic rings. The number of benzene rings is 1. The van der Waals surface area contributed by atoms with E-state index in [0.717, 1.165) is 5.69 Å². The van der Waals surface area contributed by atoms with Gasteiger partial charge in [-0.2, -0.15) is 0 Å². The molecule has 9 heteroatoms. The molecule has 1 unspecified atom stereocenters. The number of ether oxygens (including phenoxy) is 1. The number of nitrogens with one attached hydrogen (secondary N) is 2. The summed E-state index contributed by atoms with van der Waals surface area (Å²) >= 11 is 0. The normalized spacial score (nSPS) is 16.1. The zero-order valence-corrected chi connectivity index (χ0v) is 17.9. The lowest BCUT2D eigenvalue weighted by atomic mass is 10.1. The highest BCUT2D eigenvalue weighted by Gasteiger charge is 2.35. The molecular formula is C21H30N4O5. The van der Waals surface area contributed by atoms with Crippen LogP contribution in [-0.2, 0) is 23.9 Å². The minimum atomic E-state index is -0.876. The molecule has 2 N–H and O–H groups in total. The Kier molecular flexibility index (Phi) is 8.20. The van der Waals surface area contributed by atoms with Crippen LogP contribution in [-0.4, -0.2) is 67.9 Å². The van der Waals surface area contributed by atoms with E-state index in [1.54, 1.807) is 31.3 Å². The topological polar surface area (TPSA) is 108 Å². The number of hydrogen-bond donors (Lipinski definition) is 2. The maximum atomic E-state index is 12.7. The summed E-state index contributed by atoms with van der Waals surface area (Å²) in [5, 5.41) is 5.72. The molecule has 3 amide bonds. The van der Waals surface area contributed by atoms with Crippen molar-refractivity contribution in [3.8, 4) is 0 Å². The Hall–Kier alpha value is -3.10. The molecule has 1 atom stereocenters. The summed E-state index contributed by atoms with van der Waals surface area (Å²) in [6.45, 7) is 6.25. The van der Waals surface area contributed by atoms with Crippen molar-refractivity contribution in [3.63, 3.8) is 0 Å². The third kappa shape index (κ3) is 6.47. The third-order valence-electron chi connectivity index (χ3n) is 4.76. The van der Waals surface area contributed by atoms with Gasteiger partial charge in [0.05, 0.1) is 19.6 Å². The van der Waals surface area contributed by atoms with Crippen LogP contribution in [0, 0.1) is 5.92 Å². The number of carbonyl (C=O) groups is 4. The molecule has 1 aromatic carbocycles. The molecule has 1 aliphatic heterocycles. The fourth-order valence-electron chi connectivity index (χ4n) is 2.96. The largest absolute Gasteiger partial charge is 0.465 e. The first-order valence-corrected chi connectivity index (χ1v) is 10.00. The maximum Gasteiger partial charge on any atom is 0.308 e. The van der Waals surface area contributed by atoms with Gasteiger partial charge in [-0.05, 0) is 30.2 Å². The average Bonchev–Trinajstić information content (AvgIpc) is 2.71. The van der Waals surface area contributed by atoms with E-state index in [1.165, 1.54) is 16.7 Å². The zero-order chi connectivity index (χ0) is 22.3. The van der Waals surface area contributed by atoms with Gasteiger partial charge in [-0.15, -0.1) is 0 Å². The molecule has 9 nitrogen and oxygen atoms in total. The van der Waals surface area contributed by atoms with Crippen LogP contribution in [0.25, 0.3) is 0 Å². The lowest BCUT2D eigenvalue weighted by Crippen LogP contribution is -2.58. The lowest BCUT2D eigenvalue weighted by molar-refractivity contribution is -0.152. The van der Waals surface area contributed by atoms with Gasteiger partial charge >= 0.3 is 5.97 Å². The quantitative estimate of drug-likeness (QED) is 0.610. The average molecular weight is 418 g/mol. The van der Waals surface area contributed by atoms with E-state index in [2.05, 4.69) is 10.6 Å². The van der Waals surface area contributed by atoms with Crippen LogP contribution in [0.3, 0.4) is 0 Å². The predicted octanol–water partition coefficient (Wildman–Crippen LogP) is 0.998. The Morgan fingerprint density at radius 1 is 1.27 bits per heavy atom. The number of amides is 3. The molecule has 30 heavy (non-hydrogen) atoms. The lowest BCUT2D eigenvalue weighted by Gasteiger charge is -2.34. The van der Waals surface area contributed by atoms with Crippen molar-refractivity contribution in [3.05, 3.63) is 24.3 Å². The van der Waals surface area contributed by atoms with Crippen molar-refractivity contribution in [1.82, 2.24) is 10.2 Å². The van der Waals surface area contributed by atoms with Crippen LogP contribution in [0.4, 0.5) is 11.4 Å². The minimum Gasteiger partial charge on any atom is -0.465 e. The Bertz CT molecular complexity index is 778. The molecule has 0 aromatic heterocycles. The summed E-state index contributed by atoms with van der Waals surface area (Å²) in [5.41, 5.74) is 1.45. The molecule has 0 radical (unpaired) electrons. The van der Waals surface area contributed by atoms with Crippen molar-refractivity contribution in [2.24, 2.45) is 5.92 Å². The third-order valence-corrected chi connectivity index (χ3v) is 4.76. The molecule has 164 valence electrons. The van der Waals surface area contributed by atoms with Gasteiger partial charge in [-0.1, -0.05) is 13.8 Å². The molecule has 1 heterocycles. The standard InChI is InChI=1S/C21H30N4O5/c1-14(2)13-30-20(28)11-18-21(29)22-9-10-25(18)19(27)12-23-16-5-7-17(8-6-16)24(4)15(3)26/h5-8,14,18,23H,9-13H2,1-4H3,(H,22,29). The number of nitrogens with zero attached hydrogens (tertiary/aromatic N) is 2. The highest BCUT2D eigenvalue weighted by atomic mass is 16.5. The summed E-state index contributed by atoms with van der Waals surface area (Å²) in [7, 11) is 1.68. The van der Waals surface area contributed by atoms with Crippen molar-refractivity contribution >= 4 is 35.1 Å². The second kappa shape index (κ2) is 10.6. The van der Waals surface area contributed by atoms with Crippen molar-refractivity contribution in [1.29, 1.82) is 0 Å².